The number of hydrogen-bond acceptors (Lipinski definition) is 5. The highest BCUT2D eigenvalue weighted by Gasteiger charge is 2.08. The van der Waals surface area contributed by atoms with E-state index in [0.717, 1.165) is 10.5 Å². The van der Waals surface area contributed by atoms with Gasteiger partial charge in [-0.3, -0.25) is 9.59 Å². The molecule has 27 heavy (non-hydrogen) atoms. The molecule has 0 saturated carbocycles. The molecule has 1 aromatic heterocycles. The molecule has 0 saturated heterocycles. The summed E-state index contributed by atoms with van der Waals surface area (Å²) in [5.41, 5.74) is 1.58. The first kappa shape index (κ1) is 19.4. The maximum absolute atomic E-state index is 12.2. The lowest BCUT2D eigenvalue weighted by Crippen LogP contribution is -2.14. The molecule has 1 heterocycles. The van der Waals surface area contributed by atoms with E-state index >= 15 is 0 Å². The number of nitrogens with one attached hydrogen (secondary N) is 2. The molecule has 0 aliphatic heterocycles. The number of nitrogens with zero attached hydrogens (tertiary/aromatic N) is 1. The van der Waals surface area contributed by atoms with Gasteiger partial charge in [-0.05, 0) is 35.9 Å². The summed E-state index contributed by atoms with van der Waals surface area (Å²) in [5.74, 6) is 0.0370. The number of benzene rings is 2. The second kappa shape index (κ2) is 9.55. The van der Waals surface area contributed by atoms with Crippen molar-refractivity contribution in [2.45, 2.75) is 11.3 Å². The smallest absolute Gasteiger partial charge is 0.236 e. The summed E-state index contributed by atoms with van der Waals surface area (Å²) < 4.78 is 0. The summed E-state index contributed by atoms with van der Waals surface area (Å²) >= 11 is 8.63. The van der Waals surface area contributed by atoms with Gasteiger partial charge in [0, 0.05) is 27.2 Å². The predicted octanol–water partition coefficient (Wildman–Crippen LogP) is 4.71. The van der Waals surface area contributed by atoms with E-state index in [1.807, 2.05) is 36.4 Å². The normalized spacial score (nSPS) is 10.4. The highest BCUT2D eigenvalue weighted by Crippen LogP contribution is 2.22. The van der Waals surface area contributed by atoms with Gasteiger partial charge in [-0.1, -0.05) is 29.8 Å². The molecule has 2 aromatic carbocycles. The summed E-state index contributed by atoms with van der Waals surface area (Å²) in [5, 5.41) is 8.65. The number of rotatable bonds is 7. The Bertz CT molecular complexity index is 915. The van der Waals surface area contributed by atoms with Gasteiger partial charge in [-0.2, -0.15) is 0 Å². The highest BCUT2D eigenvalue weighted by molar-refractivity contribution is 8.00. The molecule has 0 fully saturated rings. The van der Waals surface area contributed by atoms with Crippen LogP contribution in [0.5, 0.6) is 0 Å². The van der Waals surface area contributed by atoms with Crippen LogP contribution < -0.4 is 10.6 Å². The van der Waals surface area contributed by atoms with E-state index in [1.54, 1.807) is 23.7 Å². The minimum absolute atomic E-state index is 0.110. The van der Waals surface area contributed by atoms with Gasteiger partial charge < -0.3 is 10.6 Å². The molecule has 0 aliphatic carbocycles. The molecule has 0 radical (unpaired) electrons. The second-order valence-corrected chi connectivity index (χ2v) is 7.93. The molecular weight excluding hydrogens is 402 g/mol. The fourth-order valence-electron chi connectivity index (χ4n) is 2.25. The van der Waals surface area contributed by atoms with E-state index in [1.165, 1.54) is 23.1 Å². The molecule has 0 atom stereocenters. The van der Waals surface area contributed by atoms with Gasteiger partial charge in [0.15, 0.2) is 5.13 Å². The topological polar surface area (TPSA) is 71.1 Å². The van der Waals surface area contributed by atoms with Crippen LogP contribution in [0.2, 0.25) is 5.02 Å². The van der Waals surface area contributed by atoms with Gasteiger partial charge in [-0.15, -0.1) is 23.1 Å². The first-order valence-electron chi connectivity index (χ1n) is 8.05. The predicted molar refractivity (Wildman–Crippen MR) is 112 cm³/mol. The highest BCUT2D eigenvalue weighted by atomic mass is 35.5. The van der Waals surface area contributed by atoms with Crippen LogP contribution in [0.4, 0.5) is 10.8 Å². The van der Waals surface area contributed by atoms with Gasteiger partial charge in [0.1, 0.15) is 0 Å². The number of carbonyl (C=O) groups is 2. The molecule has 0 spiro atoms. The molecule has 3 rings (SSSR count). The van der Waals surface area contributed by atoms with Crippen molar-refractivity contribution < 1.29 is 9.59 Å². The number of thiazole rings is 1. The Morgan fingerprint density at radius 1 is 1.07 bits per heavy atom. The van der Waals surface area contributed by atoms with Gasteiger partial charge in [0.05, 0.1) is 12.2 Å². The average molecular weight is 418 g/mol. The Hall–Kier alpha value is -2.35. The number of halogens is 1. The van der Waals surface area contributed by atoms with E-state index in [0.29, 0.717) is 15.8 Å². The van der Waals surface area contributed by atoms with E-state index < -0.39 is 0 Å². The van der Waals surface area contributed by atoms with Crippen LogP contribution >= 0.6 is 34.7 Å². The van der Waals surface area contributed by atoms with Crippen molar-refractivity contribution in [2.75, 3.05) is 16.4 Å². The van der Waals surface area contributed by atoms with E-state index in [-0.39, 0.29) is 24.0 Å². The summed E-state index contributed by atoms with van der Waals surface area (Å²) in [6.45, 7) is 0. The summed E-state index contributed by atoms with van der Waals surface area (Å²) in [4.78, 5) is 29.0. The molecule has 138 valence electrons. The third-order valence-electron chi connectivity index (χ3n) is 3.44. The number of thioether (sulfide) groups is 1. The van der Waals surface area contributed by atoms with Crippen molar-refractivity contribution in [3.63, 3.8) is 0 Å². The number of carbonyl (C=O) groups excluding carboxylic acids is 2. The van der Waals surface area contributed by atoms with Crippen molar-refractivity contribution in [2.24, 2.45) is 0 Å². The molecule has 2 N–H and O–H groups in total. The zero-order chi connectivity index (χ0) is 19.1. The van der Waals surface area contributed by atoms with Crippen LogP contribution in [0.3, 0.4) is 0 Å². The Kier molecular flexibility index (Phi) is 6.86. The molecule has 8 heteroatoms. The fraction of sp³-hybridized carbons (Fsp3) is 0.105. The van der Waals surface area contributed by atoms with Crippen molar-refractivity contribution in [1.29, 1.82) is 0 Å². The SMILES string of the molecule is O=C(Cc1ccc(Cl)cc1)Nc1cccc(SCC(=O)Nc2nccs2)c1. The van der Waals surface area contributed by atoms with Crippen molar-refractivity contribution in [3.05, 3.63) is 70.7 Å². The molecule has 2 amide bonds. The average Bonchev–Trinajstić information content (AvgIpc) is 3.15. The second-order valence-electron chi connectivity index (χ2n) is 5.55. The number of aromatic nitrogens is 1. The van der Waals surface area contributed by atoms with Crippen LogP contribution in [0.15, 0.2) is 65.0 Å². The zero-order valence-corrected chi connectivity index (χ0v) is 16.5. The summed E-state index contributed by atoms with van der Waals surface area (Å²) in [6.07, 6.45) is 1.91. The van der Waals surface area contributed by atoms with Crippen LogP contribution in [-0.2, 0) is 16.0 Å². The van der Waals surface area contributed by atoms with Crippen LogP contribution in [-0.4, -0.2) is 22.6 Å². The Morgan fingerprint density at radius 3 is 2.63 bits per heavy atom. The largest absolute Gasteiger partial charge is 0.326 e. The fourth-order valence-corrected chi connectivity index (χ4v) is 3.67. The van der Waals surface area contributed by atoms with Gasteiger partial charge in [0.2, 0.25) is 11.8 Å². The molecule has 0 bridgehead atoms. The Balaban J connectivity index is 1.51. The Morgan fingerprint density at radius 2 is 1.89 bits per heavy atom. The van der Waals surface area contributed by atoms with Crippen molar-refractivity contribution in [1.82, 2.24) is 4.98 Å². The van der Waals surface area contributed by atoms with Crippen LogP contribution in [0.1, 0.15) is 5.56 Å². The van der Waals surface area contributed by atoms with Gasteiger partial charge in [0.25, 0.3) is 0 Å². The maximum atomic E-state index is 12.2. The molecule has 5 nitrogen and oxygen atoms in total. The minimum Gasteiger partial charge on any atom is -0.326 e. The van der Waals surface area contributed by atoms with E-state index in [2.05, 4.69) is 15.6 Å². The molecule has 0 aliphatic rings. The quantitative estimate of drug-likeness (QED) is 0.546. The minimum atomic E-state index is -0.118. The summed E-state index contributed by atoms with van der Waals surface area (Å²) in [6, 6.07) is 14.6. The van der Waals surface area contributed by atoms with Gasteiger partial charge >= 0.3 is 0 Å². The monoisotopic (exact) mass is 417 g/mol. The first-order valence-corrected chi connectivity index (χ1v) is 10.3. The molecule has 0 unspecified atom stereocenters. The maximum Gasteiger partial charge on any atom is 0.236 e. The third kappa shape index (κ3) is 6.39. The Labute approximate surface area is 170 Å². The van der Waals surface area contributed by atoms with Crippen molar-refractivity contribution >= 4 is 57.3 Å². The van der Waals surface area contributed by atoms with Crippen LogP contribution in [0, 0.1) is 0 Å². The number of hydrogen-bond donors (Lipinski definition) is 2. The number of anilines is 2. The lowest BCUT2D eigenvalue weighted by Gasteiger charge is -2.08. The number of amides is 2. The lowest BCUT2D eigenvalue weighted by atomic mass is 10.1. The lowest BCUT2D eigenvalue weighted by molar-refractivity contribution is -0.115. The first-order chi connectivity index (χ1) is 13.1. The zero-order valence-electron chi connectivity index (χ0n) is 14.1. The van der Waals surface area contributed by atoms with E-state index in [4.69, 9.17) is 11.6 Å². The third-order valence-corrected chi connectivity index (χ3v) is 5.38. The van der Waals surface area contributed by atoms with Gasteiger partial charge in [-0.25, -0.2) is 4.98 Å². The van der Waals surface area contributed by atoms with Crippen molar-refractivity contribution in [3.8, 4) is 0 Å². The molecular formula is C19H16ClN3O2S2. The van der Waals surface area contributed by atoms with E-state index in [9.17, 15) is 9.59 Å². The summed E-state index contributed by atoms with van der Waals surface area (Å²) in [7, 11) is 0. The standard InChI is InChI=1S/C19H16ClN3O2S2/c20-14-6-4-13(5-7-14)10-17(24)22-15-2-1-3-16(11-15)27-12-18(25)23-19-21-8-9-26-19/h1-9,11H,10,12H2,(H,22,24)(H,21,23,25). The van der Waals surface area contributed by atoms with Crippen LogP contribution in [0.25, 0.3) is 0 Å². The molecule has 3 aromatic rings.